The van der Waals surface area contributed by atoms with Gasteiger partial charge < -0.3 is 10.1 Å². The third-order valence-electron chi connectivity index (χ3n) is 8.96. The molecule has 242 valence electrons. The summed E-state index contributed by atoms with van der Waals surface area (Å²) in [6, 6.07) is 14.2. The molecule has 3 aromatic rings. The first-order valence-corrected chi connectivity index (χ1v) is 16.6. The van der Waals surface area contributed by atoms with Crippen LogP contribution in [0.25, 0.3) is 0 Å². The summed E-state index contributed by atoms with van der Waals surface area (Å²) in [4.78, 5) is 31.5. The van der Waals surface area contributed by atoms with Gasteiger partial charge in [0.15, 0.2) is 27.3 Å². The highest BCUT2D eigenvalue weighted by atomic mass is 35.5. The number of sulfone groups is 1. The zero-order valence-electron chi connectivity index (χ0n) is 24.6. The van der Waals surface area contributed by atoms with Crippen molar-refractivity contribution in [2.24, 2.45) is 17.8 Å². The molecule has 8 nitrogen and oxygen atoms in total. The van der Waals surface area contributed by atoms with E-state index in [0.29, 0.717) is 37.9 Å². The molecule has 13 heteroatoms. The number of hydroxylamine groups is 2. The quantitative estimate of drug-likeness (QED) is 0.175. The first-order valence-electron chi connectivity index (χ1n) is 14.7. The number of fused-ring (bicyclic) bond motifs is 2. The molecule has 2 aliphatic carbocycles. The summed E-state index contributed by atoms with van der Waals surface area (Å²) in [7, 11) is -2.75. The van der Waals surface area contributed by atoms with E-state index in [2.05, 4.69) is 5.32 Å². The lowest BCUT2D eigenvalue weighted by Crippen LogP contribution is -2.41. The van der Waals surface area contributed by atoms with Gasteiger partial charge in [-0.2, -0.15) is 5.06 Å². The molecule has 0 aromatic heterocycles. The largest absolute Gasteiger partial charge is 0.469 e. The lowest BCUT2D eigenvalue weighted by molar-refractivity contribution is -0.145. The Hall–Kier alpha value is -3.71. The van der Waals surface area contributed by atoms with E-state index in [4.69, 9.17) is 21.2 Å². The van der Waals surface area contributed by atoms with E-state index in [1.165, 1.54) is 19.2 Å². The fourth-order valence-electron chi connectivity index (χ4n) is 6.92. The minimum atomic E-state index is -4.08. The number of carbonyl (C=O) groups excluding carboxylic acids is 2. The first-order chi connectivity index (χ1) is 22.0. The SMILES string of the molecule is COC(=O)C1CON(Cc2ccccc2)C1C1=C[C@@H]2CCC(C1)[C@@H]2S(=O)(=O)c1cc(C(=O)Nc2cc(F)c(F)c(F)c2)ccc1Cl. The molecular formula is C33H30ClF3N2O6S. The number of allylic oxidation sites excluding steroid dienone is 1. The zero-order chi connectivity index (χ0) is 32.7. The minimum absolute atomic E-state index is 0.0754. The summed E-state index contributed by atoms with van der Waals surface area (Å²) >= 11 is 6.40. The number of nitrogens with zero attached hydrogens (tertiary/aromatic N) is 1. The van der Waals surface area contributed by atoms with Crippen LogP contribution in [-0.4, -0.2) is 50.4 Å². The molecule has 0 radical (unpaired) electrons. The van der Waals surface area contributed by atoms with Crippen molar-refractivity contribution in [2.45, 2.75) is 42.0 Å². The van der Waals surface area contributed by atoms with Crippen LogP contribution in [-0.2, 0) is 30.8 Å². The fraction of sp³-hybridized carbons (Fsp3) is 0.333. The van der Waals surface area contributed by atoms with Gasteiger partial charge in [-0.15, -0.1) is 0 Å². The number of benzene rings is 3. The Morgan fingerprint density at radius 2 is 1.76 bits per heavy atom. The Labute approximate surface area is 269 Å². The van der Waals surface area contributed by atoms with Crippen molar-refractivity contribution in [1.29, 1.82) is 0 Å². The van der Waals surface area contributed by atoms with E-state index in [-0.39, 0.29) is 39.6 Å². The van der Waals surface area contributed by atoms with Crippen molar-refractivity contribution >= 4 is 39.0 Å². The van der Waals surface area contributed by atoms with Crippen LogP contribution in [0.2, 0.25) is 5.02 Å². The normalized spacial score (nSPS) is 24.5. The van der Waals surface area contributed by atoms with Gasteiger partial charge in [0, 0.05) is 29.9 Å². The fourth-order valence-corrected chi connectivity index (χ4v) is 9.70. The van der Waals surface area contributed by atoms with Crippen molar-refractivity contribution in [1.82, 2.24) is 5.06 Å². The second-order valence-electron chi connectivity index (χ2n) is 11.7. The van der Waals surface area contributed by atoms with Gasteiger partial charge in [0.05, 0.1) is 34.9 Å². The standard InChI is InChI=1S/C33H30ClF3N2O6S/c1-44-33(41)24-17-45-39(16-18-5-3-2-4-6-18)30(24)22-11-19-7-8-20(12-22)31(19)46(42,43)28-13-21(9-10-25(28)34)32(40)38-23-14-26(35)29(37)27(36)15-23/h2-6,9-11,13-15,19-20,24,30-31H,7-8,12,16-17H2,1H3,(H,38,40)/t19-,20?,24?,30?,31+/m0/s1. The molecule has 46 heavy (non-hydrogen) atoms. The summed E-state index contributed by atoms with van der Waals surface area (Å²) < 4.78 is 74.2. The molecule has 5 atom stereocenters. The zero-order valence-corrected chi connectivity index (χ0v) is 26.2. The monoisotopic (exact) mass is 674 g/mol. The van der Waals surface area contributed by atoms with Crippen LogP contribution in [0.1, 0.15) is 35.2 Å². The van der Waals surface area contributed by atoms with Crippen molar-refractivity contribution in [3.63, 3.8) is 0 Å². The Morgan fingerprint density at radius 1 is 1.04 bits per heavy atom. The van der Waals surface area contributed by atoms with E-state index in [9.17, 15) is 31.2 Å². The average molecular weight is 675 g/mol. The Balaban J connectivity index is 1.27. The molecule has 3 aromatic carbocycles. The van der Waals surface area contributed by atoms with E-state index in [0.717, 1.165) is 17.2 Å². The van der Waals surface area contributed by atoms with E-state index >= 15 is 0 Å². The summed E-state index contributed by atoms with van der Waals surface area (Å²) in [6.45, 7) is 0.565. The number of amides is 1. The number of halogens is 4. The molecule has 3 aliphatic rings. The van der Waals surface area contributed by atoms with Crippen LogP contribution < -0.4 is 5.32 Å². The molecule has 0 spiro atoms. The molecule has 2 bridgehead atoms. The molecule has 1 aliphatic heterocycles. The van der Waals surface area contributed by atoms with Crippen LogP contribution in [0.5, 0.6) is 0 Å². The number of methoxy groups -OCH3 is 1. The summed E-state index contributed by atoms with van der Waals surface area (Å²) in [5.41, 5.74) is 1.45. The van der Waals surface area contributed by atoms with Crippen LogP contribution in [0.15, 0.2) is 77.2 Å². The number of esters is 1. The predicted molar refractivity (Wildman–Crippen MR) is 163 cm³/mol. The summed E-state index contributed by atoms with van der Waals surface area (Å²) in [5.74, 6) is -7.17. The number of hydrogen-bond donors (Lipinski definition) is 1. The second-order valence-corrected chi connectivity index (χ2v) is 14.2. The molecule has 1 saturated carbocycles. The topological polar surface area (TPSA) is 102 Å². The summed E-state index contributed by atoms with van der Waals surface area (Å²) in [5, 5.41) is 3.14. The van der Waals surface area contributed by atoms with Gasteiger partial charge in [-0.25, -0.2) is 21.6 Å². The molecule has 1 heterocycles. The highest BCUT2D eigenvalue weighted by molar-refractivity contribution is 7.92. The van der Waals surface area contributed by atoms with Crippen molar-refractivity contribution in [3.8, 4) is 0 Å². The maximum Gasteiger partial charge on any atom is 0.313 e. The molecule has 1 N–H and O–H groups in total. The molecule has 1 saturated heterocycles. The van der Waals surface area contributed by atoms with Crippen molar-refractivity contribution in [2.75, 3.05) is 19.0 Å². The smallest absolute Gasteiger partial charge is 0.313 e. The number of anilines is 1. The number of ether oxygens (including phenoxy) is 1. The average Bonchev–Trinajstić information content (AvgIpc) is 3.58. The second kappa shape index (κ2) is 12.8. The molecular weight excluding hydrogens is 645 g/mol. The van der Waals surface area contributed by atoms with Gasteiger partial charge in [0.1, 0.15) is 5.92 Å². The van der Waals surface area contributed by atoms with Crippen LogP contribution in [0.3, 0.4) is 0 Å². The van der Waals surface area contributed by atoms with E-state index in [1.807, 2.05) is 36.4 Å². The molecule has 1 amide bonds. The number of hydrogen-bond acceptors (Lipinski definition) is 7. The van der Waals surface area contributed by atoms with Crippen LogP contribution in [0.4, 0.5) is 18.9 Å². The summed E-state index contributed by atoms with van der Waals surface area (Å²) in [6.07, 6.45) is 3.59. The third-order valence-corrected chi connectivity index (χ3v) is 11.8. The minimum Gasteiger partial charge on any atom is -0.469 e. The van der Waals surface area contributed by atoms with E-state index < -0.39 is 56.4 Å². The lowest BCUT2D eigenvalue weighted by Gasteiger charge is -2.35. The Bertz CT molecular complexity index is 1800. The molecule has 6 rings (SSSR count). The van der Waals surface area contributed by atoms with Crippen LogP contribution in [0, 0.1) is 35.2 Å². The van der Waals surface area contributed by atoms with Crippen molar-refractivity contribution in [3.05, 3.63) is 106 Å². The Kier molecular flexibility index (Phi) is 8.99. The first kappa shape index (κ1) is 32.2. The van der Waals surface area contributed by atoms with Crippen molar-refractivity contribution < 1.29 is 40.8 Å². The highest BCUT2D eigenvalue weighted by Crippen LogP contribution is 2.50. The number of rotatable bonds is 8. The lowest BCUT2D eigenvalue weighted by atomic mass is 9.81. The Morgan fingerprint density at radius 3 is 2.43 bits per heavy atom. The van der Waals surface area contributed by atoms with Crippen LogP contribution >= 0.6 is 11.6 Å². The van der Waals surface area contributed by atoms with Gasteiger partial charge in [-0.05, 0) is 54.9 Å². The van der Waals surface area contributed by atoms with Gasteiger partial charge >= 0.3 is 5.97 Å². The maximum atomic E-state index is 14.2. The van der Waals surface area contributed by atoms with Gasteiger partial charge in [-0.3, -0.25) is 14.4 Å². The number of carbonyl (C=O) groups is 2. The predicted octanol–water partition coefficient (Wildman–Crippen LogP) is 6.11. The van der Waals surface area contributed by atoms with E-state index in [1.54, 1.807) is 5.06 Å². The van der Waals surface area contributed by atoms with Gasteiger partial charge in [-0.1, -0.05) is 53.6 Å². The highest BCUT2D eigenvalue weighted by Gasteiger charge is 2.51. The number of nitrogens with one attached hydrogen (secondary N) is 1. The molecule has 3 unspecified atom stereocenters. The van der Waals surface area contributed by atoms with Gasteiger partial charge in [0.2, 0.25) is 0 Å². The molecule has 2 fully saturated rings. The van der Waals surface area contributed by atoms with Gasteiger partial charge in [0.25, 0.3) is 5.91 Å². The third kappa shape index (κ3) is 6.06. The maximum absolute atomic E-state index is 14.2.